The Kier molecular flexibility index (Phi) is 5.82. The third kappa shape index (κ3) is 4.58. The highest BCUT2D eigenvalue weighted by Crippen LogP contribution is 2.26. The summed E-state index contributed by atoms with van der Waals surface area (Å²) >= 11 is 0. The van der Waals surface area contributed by atoms with Crippen LogP contribution in [0.15, 0.2) is 18.3 Å². The number of aromatic nitrogens is 1. The van der Waals surface area contributed by atoms with Crippen molar-refractivity contribution >= 4 is 5.91 Å². The summed E-state index contributed by atoms with van der Waals surface area (Å²) in [6.45, 7) is 1.55. The Balaban J connectivity index is 1.90. The Morgan fingerprint density at radius 2 is 2.10 bits per heavy atom. The predicted molar refractivity (Wildman–Crippen MR) is 81.3 cm³/mol. The molecule has 0 saturated heterocycles. The second-order valence-corrected chi connectivity index (χ2v) is 5.90. The fourth-order valence-corrected chi connectivity index (χ4v) is 2.90. The molecule has 0 aromatic carbocycles. The SMILES string of the molecule is COCCn1cccc1C(=O)NCC1(O)CCCCCC1. The van der Waals surface area contributed by atoms with Crippen LogP contribution in [0.5, 0.6) is 0 Å². The van der Waals surface area contributed by atoms with E-state index in [2.05, 4.69) is 5.32 Å². The molecule has 0 bridgehead atoms. The van der Waals surface area contributed by atoms with Gasteiger partial charge in [-0.15, -0.1) is 0 Å². The second kappa shape index (κ2) is 7.61. The van der Waals surface area contributed by atoms with Gasteiger partial charge < -0.3 is 19.7 Å². The number of hydrogen-bond donors (Lipinski definition) is 2. The summed E-state index contributed by atoms with van der Waals surface area (Å²) in [5, 5.41) is 13.5. The van der Waals surface area contributed by atoms with Crippen molar-refractivity contribution in [3.8, 4) is 0 Å². The molecule has 0 unspecified atom stereocenters. The van der Waals surface area contributed by atoms with Crippen molar-refractivity contribution in [2.45, 2.75) is 50.7 Å². The molecule has 5 heteroatoms. The van der Waals surface area contributed by atoms with Gasteiger partial charge >= 0.3 is 0 Å². The van der Waals surface area contributed by atoms with E-state index in [1.54, 1.807) is 13.2 Å². The molecule has 1 heterocycles. The fraction of sp³-hybridized carbons (Fsp3) is 0.688. The summed E-state index contributed by atoms with van der Waals surface area (Å²) in [5.74, 6) is -0.131. The number of amides is 1. The van der Waals surface area contributed by atoms with Crippen molar-refractivity contribution in [3.63, 3.8) is 0 Å². The highest BCUT2D eigenvalue weighted by molar-refractivity contribution is 5.92. The Morgan fingerprint density at radius 3 is 2.76 bits per heavy atom. The van der Waals surface area contributed by atoms with E-state index in [0.29, 0.717) is 25.4 Å². The molecule has 1 aliphatic rings. The highest BCUT2D eigenvalue weighted by Gasteiger charge is 2.28. The third-order valence-electron chi connectivity index (χ3n) is 4.21. The van der Waals surface area contributed by atoms with Crippen LogP contribution in [-0.2, 0) is 11.3 Å². The third-order valence-corrected chi connectivity index (χ3v) is 4.21. The molecule has 1 amide bonds. The number of carbonyl (C=O) groups excluding carboxylic acids is 1. The lowest BCUT2D eigenvalue weighted by Gasteiger charge is -2.26. The molecule has 1 aromatic heterocycles. The van der Waals surface area contributed by atoms with Crippen LogP contribution in [0.2, 0.25) is 0 Å². The van der Waals surface area contributed by atoms with E-state index in [9.17, 15) is 9.90 Å². The number of carbonyl (C=O) groups is 1. The van der Waals surface area contributed by atoms with Crippen molar-refractivity contribution in [2.75, 3.05) is 20.3 Å². The minimum absolute atomic E-state index is 0.131. The van der Waals surface area contributed by atoms with E-state index in [1.807, 2.05) is 16.8 Å². The lowest BCUT2D eigenvalue weighted by atomic mass is 9.94. The molecule has 2 rings (SSSR count). The Bertz CT molecular complexity index is 448. The van der Waals surface area contributed by atoms with Gasteiger partial charge in [-0.3, -0.25) is 4.79 Å². The van der Waals surface area contributed by atoms with E-state index < -0.39 is 5.60 Å². The van der Waals surface area contributed by atoms with Crippen molar-refractivity contribution in [2.24, 2.45) is 0 Å². The summed E-state index contributed by atoms with van der Waals surface area (Å²) in [7, 11) is 1.64. The minimum atomic E-state index is -0.740. The van der Waals surface area contributed by atoms with Crippen molar-refractivity contribution in [3.05, 3.63) is 24.0 Å². The van der Waals surface area contributed by atoms with Crippen LogP contribution in [0.3, 0.4) is 0 Å². The number of aliphatic hydroxyl groups is 1. The number of rotatable bonds is 6. The van der Waals surface area contributed by atoms with E-state index in [0.717, 1.165) is 25.7 Å². The monoisotopic (exact) mass is 294 g/mol. The van der Waals surface area contributed by atoms with Gasteiger partial charge in [0, 0.05) is 26.4 Å². The molecule has 1 saturated carbocycles. The molecule has 118 valence electrons. The van der Waals surface area contributed by atoms with Crippen molar-refractivity contribution in [1.29, 1.82) is 0 Å². The number of methoxy groups -OCH3 is 1. The first kappa shape index (κ1) is 16.0. The highest BCUT2D eigenvalue weighted by atomic mass is 16.5. The van der Waals surface area contributed by atoms with Gasteiger partial charge in [-0.25, -0.2) is 0 Å². The van der Waals surface area contributed by atoms with Crippen molar-refractivity contribution < 1.29 is 14.6 Å². The Hall–Kier alpha value is -1.33. The van der Waals surface area contributed by atoms with Gasteiger partial charge in [-0.1, -0.05) is 25.7 Å². The molecule has 0 radical (unpaired) electrons. The van der Waals surface area contributed by atoms with Crippen LogP contribution in [-0.4, -0.2) is 41.4 Å². The van der Waals surface area contributed by atoms with Gasteiger partial charge in [0.15, 0.2) is 0 Å². The van der Waals surface area contributed by atoms with Crippen LogP contribution in [0.1, 0.15) is 49.0 Å². The number of hydrogen-bond acceptors (Lipinski definition) is 3. The molecular formula is C16H26N2O3. The van der Waals surface area contributed by atoms with Gasteiger partial charge in [-0.2, -0.15) is 0 Å². The van der Waals surface area contributed by atoms with Gasteiger partial charge in [0.25, 0.3) is 5.91 Å². The van der Waals surface area contributed by atoms with Crippen LogP contribution >= 0.6 is 0 Å². The maximum atomic E-state index is 12.3. The molecule has 0 spiro atoms. The molecule has 1 fully saturated rings. The molecular weight excluding hydrogens is 268 g/mol. The fourth-order valence-electron chi connectivity index (χ4n) is 2.90. The van der Waals surface area contributed by atoms with Crippen LogP contribution < -0.4 is 5.32 Å². The molecule has 0 atom stereocenters. The first-order chi connectivity index (χ1) is 10.1. The quantitative estimate of drug-likeness (QED) is 0.788. The number of ether oxygens (including phenoxy) is 1. The summed E-state index contributed by atoms with van der Waals surface area (Å²) in [5.41, 5.74) is -0.125. The Morgan fingerprint density at radius 1 is 1.38 bits per heavy atom. The summed E-state index contributed by atoms with van der Waals surface area (Å²) < 4.78 is 6.91. The number of nitrogens with zero attached hydrogens (tertiary/aromatic N) is 1. The van der Waals surface area contributed by atoms with Crippen LogP contribution in [0.4, 0.5) is 0 Å². The molecule has 1 aliphatic carbocycles. The van der Waals surface area contributed by atoms with Crippen LogP contribution in [0.25, 0.3) is 0 Å². The average Bonchev–Trinajstić information content (AvgIpc) is 2.84. The van der Waals surface area contributed by atoms with E-state index in [1.165, 1.54) is 12.8 Å². The van der Waals surface area contributed by atoms with Gasteiger partial charge in [0.1, 0.15) is 5.69 Å². The molecule has 21 heavy (non-hydrogen) atoms. The van der Waals surface area contributed by atoms with Crippen LogP contribution in [0, 0.1) is 0 Å². The van der Waals surface area contributed by atoms with E-state index in [-0.39, 0.29) is 5.91 Å². The van der Waals surface area contributed by atoms with E-state index in [4.69, 9.17) is 4.74 Å². The van der Waals surface area contributed by atoms with Gasteiger partial charge in [0.05, 0.1) is 12.2 Å². The zero-order valence-electron chi connectivity index (χ0n) is 12.8. The lowest BCUT2D eigenvalue weighted by Crippen LogP contribution is -2.43. The second-order valence-electron chi connectivity index (χ2n) is 5.90. The standard InChI is InChI=1S/C16H26N2O3/c1-21-12-11-18-10-6-7-14(18)15(19)17-13-16(20)8-4-2-3-5-9-16/h6-7,10,20H,2-5,8-9,11-13H2,1H3,(H,17,19). The summed E-state index contributed by atoms with van der Waals surface area (Å²) in [4.78, 5) is 12.3. The topological polar surface area (TPSA) is 63.5 Å². The number of nitrogens with one attached hydrogen (secondary N) is 1. The zero-order chi connectivity index (χ0) is 15.1. The maximum Gasteiger partial charge on any atom is 0.268 e. The Labute approximate surface area is 126 Å². The molecule has 0 aliphatic heterocycles. The first-order valence-electron chi connectivity index (χ1n) is 7.79. The largest absolute Gasteiger partial charge is 0.388 e. The average molecular weight is 294 g/mol. The van der Waals surface area contributed by atoms with E-state index >= 15 is 0 Å². The normalized spacial score (nSPS) is 18.2. The van der Waals surface area contributed by atoms with Gasteiger partial charge in [0.2, 0.25) is 0 Å². The lowest BCUT2D eigenvalue weighted by molar-refractivity contribution is 0.0245. The zero-order valence-corrected chi connectivity index (χ0v) is 12.8. The summed E-state index contributed by atoms with van der Waals surface area (Å²) in [6.07, 6.45) is 7.85. The summed E-state index contributed by atoms with van der Waals surface area (Å²) in [6, 6.07) is 3.65. The first-order valence-corrected chi connectivity index (χ1v) is 7.79. The maximum absolute atomic E-state index is 12.3. The smallest absolute Gasteiger partial charge is 0.268 e. The van der Waals surface area contributed by atoms with Crippen molar-refractivity contribution in [1.82, 2.24) is 9.88 Å². The minimum Gasteiger partial charge on any atom is -0.388 e. The predicted octanol–water partition coefficient (Wildman–Crippen LogP) is 1.95. The molecule has 2 N–H and O–H groups in total. The molecule has 5 nitrogen and oxygen atoms in total. The molecule has 1 aromatic rings. The van der Waals surface area contributed by atoms with Gasteiger partial charge in [-0.05, 0) is 25.0 Å².